The van der Waals surface area contributed by atoms with Crippen molar-refractivity contribution < 1.29 is 13.2 Å². The molecule has 0 unspecified atom stereocenters. The molecule has 1 aliphatic heterocycles. The summed E-state index contributed by atoms with van der Waals surface area (Å²) in [6.07, 6.45) is 0. The topological polar surface area (TPSA) is 46.6 Å². The molecule has 1 heterocycles. The van der Waals surface area contributed by atoms with Crippen molar-refractivity contribution in [2.24, 2.45) is 0 Å². The van der Waals surface area contributed by atoms with Crippen molar-refractivity contribution in [1.29, 1.82) is 0 Å². The van der Waals surface area contributed by atoms with E-state index in [0.29, 0.717) is 17.3 Å². The molecule has 0 aliphatic carbocycles. The molecule has 1 atom stereocenters. The number of ether oxygens (including phenoxy) is 1. The van der Waals surface area contributed by atoms with Gasteiger partial charge in [-0.3, -0.25) is 0 Å². The summed E-state index contributed by atoms with van der Waals surface area (Å²) >= 11 is 10.9. The third-order valence-electron chi connectivity index (χ3n) is 3.73. The molecule has 24 heavy (non-hydrogen) atoms. The van der Waals surface area contributed by atoms with Crippen molar-refractivity contribution >= 4 is 49.3 Å². The Hall–Kier alpha value is -0.730. The highest BCUT2D eigenvalue weighted by Gasteiger charge is 2.37. The average molecular weight is 449 g/mol. The summed E-state index contributed by atoms with van der Waals surface area (Å²) < 4.78 is 33.5. The van der Waals surface area contributed by atoms with Gasteiger partial charge in [0.05, 0.1) is 21.9 Å². The van der Waals surface area contributed by atoms with E-state index in [4.69, 9.17) is 16.3 Å². The molecule has 0 saturated carbocycles. The first kappa shape index (κ1) is 18.1. The molecule has 0 aromatic heterocycles. The molecule has 0 amide bonds. The lowest BCUT2D eigenvalue weighted by Crippen LogP contribution is -2.30. The van der Waals surface area contributed by atoms with E-state index in [0.717, 1.165) is 15.8 Å². The van der Waals surface area contributed by atoms with Crippen molar-refractivity contribution in [3.8, 4) is 5.75 Å². The van der Waals surface area contributed by atoms with E-state index in [1.165, 1.54) is 4.31 Å². The Morgan fingerprint density at radius 3 is 2.58 bits per heavy atom. The van der Waals surface area contributed by atoms with E-state index >= 15 is 0 Å². The normalized spacial score (nSPS) is 18.7. The van der Waals surface area contributed by atoms with Crippen LogP contribution >= 0.6 is 39.3 Å². The maximum atomic E-state index is 13.0. The van der Waals surface area contributed by atoms with Crippen LogP contribution in [0.3, 0.4) is 0 Å². The summed E-state index contributed by atoms with van der Waals surface area (Å²) in [5.41, 5.74) is 0.919. The molecule has 1 saturated heterocycles. The molecular formula is C16H15BrClNO3S2. The monoisotopic (exact) mass is 447 g/mol. The molecule has 3 rings (SSSR count). The molecule has 1 aliphatic rings. The number of rotatable bonds is 4. The van der Waals surface area contributed by atoms with Crippen LogP contribution in [0, 0.1) is 0 Å². The van der Waals surface area contributed by atoms with Gasteiger partial charge in [-0.2, -0.15) is 4.31 Å². The van der Waals surface area contributed by atoms with Crippen LogP contribution in [0.1, 0.15) is 10.9 Å². The Morgan fingerprint density at radius 1 is 1.25 bits per heavy atom. The number of hydrogen-bond acceptors (Lipinski definition) is 4. The quantitative estimate of drug-likeness (QED) is 0.688. The van der Waals surface area contributed by atoms with Gasteiger partial charge in [-0.05, 0) is 57.9 Å². The second-order valence-electron chi connectivity index (χ2n) is 5.19. The summed E-state index contributed by atoms with van der Waals surface area (Å²) in [7, 11) is -1.98. The van der Waals surface area contributed by atoms with Crippen LogP contribution < -0.4 is 4.74 Å². The Balaban J connectivity index is 1.95. The first-order chi connectivity index (χ1) is 11.4. The average Bonchev–Trinajstić information content (AvgIpc) is 3.05. The third kappa shape index (κ3) is 3.46. The van der Waals surface area contributed by atoms with Crippen LogP contribution in [0.2, 0.25) is 5.02 Å². The number of sulfonamides is 1. The number of nitrogens with zero attached hydrogens (tertiary/aromatic N) is 1. The van der Waals surface area contributed by atoms with Gasteiger partial charge < -0.3 is 4.74 Å². The van der Waals surface area contributed by atoms with E-state index in [9.17, 15) is 8.42 Å². The van der Waals surface area contributed by atoms with E-state index in [-0.39, 0.29) is 10.3 Å². The maximum Gasteiger partial charge on any atom is 0.244 e. The summed E-state index contributed by atoms with van der Waals surface area (Å²) in [6.45, 7) is 0.476. The Kier molecular flexibility index (Phi) is 5.46. The van der Waals surface area contributed by atoms with Crippen LogP contribution in [0.15, 0.2) is 51.8 Å². The Bertz CT molecular complexity index is 843. The smallest absolute Gasteiger partial charge is 0.244 e. The van der Waals surface area contributed by atoms with Gasteiger partial charge in [-0.25, -0.2) is 8.42 Å². The van der Waals surface area contributed by atoms with Crippen LogP contribution in [0.5, 0.6) is 5.75 Å². The highest BCUT2D eigenvalue weighted by atomic mass is 79.9. The summed E-state index contributed by atoms with van der Waals surface area (Å²) in [5.74, 6) is 1.47. The standard InChI is InChI=1S/C16H15BrClNO3S2/c1-22-15-7-2-11(10-14(15)17)16-19(8-9-23-16)24(20,21)13-5-3-12(18)4-6-13/h2-7,10,16H,8-9H2,1H3/t16-/m1/s1. The van der Waals surface area contributed by atoms with E-state index in [2.05, 4.69) is 15.9 Å². The van der Waals surface area contributed by atoms with Crippen molar-refractivity contribution in [2.75, 3.05) is 19.4 Å². The van der Waals surface area contributed by atoms with E-state index < -0.39 is 10.0 Å². The molecule has 128 valence electrons. The predicted molar refractivity (Wildman–Crippen MR) is 101 cm³/mol. The minimum absolute atomic E-state index is 0.256. The van der Waals surface area contributed by atoms with Crippen molar-refractivity contribution in [3.05, 3.63) is 57.5 Å². The van der Waals surface area contributed by atoms with Gasteiger partial charge in [0, 0.05) is 17.3 Å². The first-order valence-electron chi connectivity index (χ1n) is 7.16. The van der Waals surface area contributed by atoms with Gasteiger partial charge in [-0.1, -0.05) is 17.7 Å². The highest BCUT2D eigenvalue weighted by molar-refractivity contribution is 9.10. The zero-order valence-electron chi connectivity index (χ0n) is 12.8. The second kappa shape index (κ2) is 7.25. The molecule has 0 bridgehead atoms. The fourth-order valence-corrected chi connectivity index (χ4v) is 6.46. The zero-order valence-corrected chi connectivity index (χ0v) is 16.8. The summed E-state index contributed by atoms with van der Waals surface area (Å²) in [4.78, 5) is 0.256. The van der Waals surface area contributed by atoms with Gasteiger partial charge in [0.15, 0.2) is 0 Å². The number of benzene rings is 2. The Morgan fingerprint density at radius 2 is 1.96 bits per heavy atom. The molecule has 0 radical (unpaired) electrons. The molecule has 1 fully saturated rings. The molecule has 2 aromatic carbocycles. The molecule has 4 nitrogen and oxygen atoms in total. The zero-order chi connectivity index (χ0) is 17.3. The van der Waals surface area contributed by atoms with Crippen LogP contribution in [0.25, 0.3) is 0 Å². The minimum Gasteiger partial charge on any atom is -0.496 e. The fraction of sp³-hybridized carbons (Fsp3) is 0.250. The number of halogens is 2. The van der Waals surface area contributed by atoms with Crippen LogP contribution in [0.4, 0.5) is 0 Å². The van der Waals surface area contributed by atoms with Crippen LogP contribution in [-0.2, 0) is 10.0 Å². The fourth-order valence-electron chi connectivity index (χ4n) is 2.54. The number of methoxy groups -OCH3 is 1. The lowest BCUT2D eigenvalue weighted by molar-refractivity contribution is 0.410. The summed E-state index contributed by atoms with van der Waals surface area (Å²) in [5, 5.41) is 0.258. The van der Waals surface area contributed by atoms with Crippen molar-refractivity contribution in [3.63, 3.8) is 0 Å². The molecule has 0 spiro atoms. The molecule has 2 aromatic rings. The molecule has 0 N–H and O–H groups in total. The van der Waals surface area contributed by atoms with Gasteiger partial charge in [0.2, 0.25) is 10.0 Å². The summed E-state index contributed by atoms with van der Waals surface area (Å²) in [6, 6.07) is 11.9. The lowest BCUT2D eigenvalue weighted by Gasteiger charge is -2.24. The lowest BCUT2D eigenvalue weighted by atomic mass is 10.2. The molecular weight excluding hydrogens is 434 g/mol. The minimum atomic E-state index is -3.57. The van der Waals surface area contributed by atoms with Gasteiger partial charge in [0.25, 0.3) is 0 Å². The van der Waals surface area contributed by atoms with E-state index in [1.54, 1.807) is 43.1 Å². The van der Waals surface area contributed by atoms with Crippen molar-refractivity contribution in [2.45, 2.75) is 10.3 Å². The molecule has 8 heteroatoms. The van der Waals surface area contributed by atoms with Crippen LogP contribution in [-0.4, -0.2) is 32.1 Å². The Labute approximate surface area is 159 Å². The highest BCUT2D eigenvalue weighted by Crippen LogP contribution is 2.43. The number of hydrogen-bond donors (Lipinski definition) is 0. The second-order valence-corrected chi connectivity index (χ2v) is 9.56. The van der Waals surface area contributed by atoms with E-state index in [1.807, 2.05) is 18.2 Å². The van der Waals surface area contributed by atoms with Gasteiger partial charge in [0.1, 0.15) is 5.75 Å². The largest absolute Gasteiger partial charge is 0.496 e. The third-order valence-corrected chi connectivity index (χ3v) is 7.87. The predicted octanol–water partition coefficient (Wildman–Crippen LogP) is 4.55. The van der Waals surface area contributed by atoms with Gasteiger partial charge in [-0.15, -0.1) is 11.8 Å². The maximum absolute atomic E-state index is 13.0. The first-order valence-corrected chi connectivity index (χ1v) is 10.8. The SMILES string of the molecule is COc1ccc([C@H]2SCCN2S(=O)(=O)c2ccc(Cl)cc2)cc1Br. The number of thioether (sulfide) groups is 1. The van der Waals surface area contributed by atoms with Gasteiger partial charge >= 0.3 is 0 Å². The van der Waals surface area contributed by atoms with Crippen molar-refractivity contribution in [1.82, 2.24) is 4.31 Å².